The van der Waals surface area contributed by atoms with Gasteiger partial charge in [-0.25, -0.2) is 0 Å². The predicted molar refractivity (Wildman–Crippen MR) is 114 cm³/mol. The van der Waals surface area contributed by atoms with Gasteiger partial charge in [0.25, 0.3) is 0 Å². The molecule has 2 aromatic rings. The van der Waals surface area contributed by atoms with Crippen LogP contribution in [0.4, 0.5) is 45.1 Å². The molecule has 0 bridgehead atoms. The molecule has 194 valence electrons. The van der Waals surface area contributed by atoms with E-state index in [2.05, 4.69) is 0 Å². The quantitative estimate of drug-likeness (QED) is 0.413. The van der Waals surface area contributed by atoms with Crippen molar-refractivity contribution in [3.05, 3.63) is 32.0 Å². The molecule has 0 aliphatic rings. The molecule has 16 heteroatoms. The highest BCUT2D eigenvalue weighted by Crippen LogP contribution is 2.53. The number of halogens is 8. The Kier molecular flexibility index (Phi) is 7.51. The average molecular weight is 558 g/mol. The standard InChI is InChI=1S/C20H14F8N4O2S2/c1-7-9(3)35-13(11(7)5-29)31-15(33)17(21,22)19(25,26)20(27,28)18(23,24)16(34)32-14-12(6-30)8(2)10(4)36-14/h1-4H3,(H,31,33)(H,32,34). The Labute approximate surface area is 206 Å². The molecule has 0 atom stereocenters. The molecule has 2 rings (SSSR count). The third kappa shape index (κ3) is 4.28. The summed E-state index contributed by atoms with van der Waals surface area (Å²) in [6, 6.07) is 3.02. The summed E-state index contributed by atoms with van der Waals surface area (Å²) in [6.07, 6.45) is 0. The SMILES string of the molecule is Cc1sc(NC(=O)C(F)(F)C(F)(F)C(F)(F)C(F)(F)C(=O)Nc2sc(C)c(C)c2C#N)c(C#N)c1C. The van der Waals surface area contributed by atoms with Crippen LogP contribution in [0, 0.1) is 50.4 Å². The maximum absolute atomic E-state index is 14.3. The summed E-state index contributed by atoms with van der Waals surface area (Å²) in [5.74, 6) is -33.3. The minimum Gasteiger partial charge on any atom is -0.311 e. The highest BCUT2D eigenvalue weighted by molar-refractivity contribution is 7.17. The Morgan fingerprint density at radius 1 is 0.667 bits per heavy atom. The molecule has 0 saturated heterocycles. The van der Waals surface area contributed by atoms with Crippen LogP contribution in [0.25, 0.3) is 0 Å². The van der Waals surface area contributed by atoms with Gasteiger partial charge in [0.1, 0.15) is 22.1 Å². The number of nitrogens with zero attached hydrogens (tertiary/aromatic N) is 2. The first-order valence-electron chi connectivity index (χ1n) is 9.43. The summed E-state index contributed by atoms with van der Waals surface area (Å²) in [7, 11) is 0. The molecule has 0 aliphatic carbocycles. The molecule has 2 aromatic heterocycles. The van der Waals surface area contributed by atoms with Crippen molar-refractivity contribution in [1.82, 2.24) is 0 Å². The van der Waals surface area contributed by atoms with E-state index in [0.717, 1.165) is 0 Å². The number of rotatable bonds is 7. The third-order valence-electron chi connectivity index (χ3n) is 5.20. The topological polar surface area (TPSA) is 106 Å². The molecule has 0 radical (unpaired) electrons. The fraction of sp³-hybridized carbons (Fsp3) is 0.400. The molecule has 2 amide bonds. The molecule has 0 fully saturated rings. The lowest BCUT2D eigenvalue weighted by atomic mass is 9.97. The van der Waals surface area contributed by atoms with Gasteiger partial charge in [-0.1, -0.05) is 0 Å². The van der Waals surface area contributed by atoms with Crippen LogP contribution in [-0.4, -0.2) is 35.5 Å². The lowest BCUT2D eigenvalue weighted by Gasteiger charge is -2.35. The molecule has 0 aromatic carbocycles. The van der Waals surface area contributed by atoms with Crippen LogP contribution in [0.3, 0.4) is 0 Å². The van der Waals surface area contributed by atoms with Gasteiger partial charge in [-0.05, 0) is 38.8 Å². The molecule has 36 heavy (non-hydrogen) atoms. The summed E-state index contributed by atoms with van der Waals surface area (Å²) >= 11 is 0.977. The molecular weight excluding hydrogens is 544 g/mol. The van der Waals surface area contributed by atoms with Crippen molar-refractivity contribution in [2.75, 3.05) is 10.6 Å². The van der Waals surface area contributed by atoms with Crippen LogP contribution in [0.2, 0.25) is 0 Å². The average Bonchev–Trinajstić information content (AvgIpc) is 3.20. The number of anilines is 2. The Bertz CT molecular complexity index is 1220. The van der Waals surface area contributed by atoms with Crippen LogP contribution in [0.1, 0.15) is 32.0 Å². The molecule has 6 nitrogen and oxygen atoms in total. The van der Waals surface area contributed by atoms with Crippen molar-refractivity contribution in [1.29, 1.82) is 10.5 Å². The van der Waals surface area contributed by atoms with Crippen molar-refractivity contribution in [2.45, 2.75) is 51.4 Å². The normalized spacial score (nSPS) is 12.6. The van der Waals surface area contributed by atoms with E-state index < -0.39 is 56.6 Å². The molecule has 2 heterocycles. The summed E-state index contributed by atoms with van der Waals surface area (Å²) in [5.41, 5.74) is -0.484. The van der Waals surface area contributed by atoms with Crippen molar-refractivity contribution in [3.63, 3.8) is 0 Å². The van der Waals surface area contributed by atoms with Gasteiger partial charge < -0.3 is 10.6 Å². The van der Waals surface area contributed by atoms with Gasteiger partial charge in [-0.15, -0.1) is 22.7 Å². The van der Waals surface area contributed by atoms with Gasteiger partial charge in [0.2, 0.25) is 0 Å². The van der Waals surface area contributed by atoms with Crippen molar-refractivity contribution in [2.24, 2.45) is 0 Å². The summed E-state index contributed by atoms with van der Waals surface area (Å²) < 4.78 is 114. The highest BCUT2D eigenvalue weighted by atomic mass is 32.1. The Morgan fingerprint density at radius 2 is 0.944 bits per heavy atom. The maximum atomic E-state index is 14.3. The summed E-state index contributed by atoms with van der Waals surface area (Å²) in [4.78, 5) is 24.3. The second-order valence-electron chi connectivity index (χ2n) is 7.40. The molecule has 0 unspecified atom stereocenters. The van der Waals surface area contributed by atoms with Gasteiger partial charge >= 0.3 is 35.5 Å². The molecule has 2 N–H and O–H groups in total. The van der Waals surface area contributed by atoms with Gasteiger partial charge in [-0.3, -0.25) is 9.59 Å². The van der Waals surface area contributed by atoms with Crippen molar-refractivity contribution < 1.29 is 44.7 Å². The van der Waals surface area contributed by atoms with Crippen LogP contribution < -0.4 is 10.6 Å². The zero-order valence-corrected chi connectivity index (χ0v) is 20.2. The number of amides is 2. The number of nitriles is 2. The van der Waals surface area contributed by atoms with Crippen molar-refractivity contribution >= 4 is 44.5 Å². The van der Waals surface area contributed by atoms with Gasteiger partial charge in [0.05, 0.1) is 11.1 Å². The van der Waals surface area contributed by atoms with Crippen molar-refractivity contribution in [3.8, 4) is 12.1 Å². The minimum atomic E-state index is -7.08. The fourth-order valence-corrected chi connectivity index (χ4v) is 4.75. The maximum Gasteiger partial charge on any atom is 0.393 e. The first-order valence-corrected chi connectivity index (χ1v) is 11.1. The van der Waals surface area contributed by atoms with E-state index in [1.54, 1.807) is 0 Å². The number of carbonyl (C=O) groups excluding carboxylic acids is 2. The number of aryl methyl sites for hydroxylation is 2. The first kappa shape index (κ1) is 29.0. The van der Waals surface area contributed by atoms with E-state index in [9.17, 15) is 44.7 Å². The largest absolute Gasteiger partial charge is 0.393 e. The fourth-order valence-electron chi connectivity index (χ4n) is 2.74. The van der Waals surface area contributed by atoms with E-state index in [4.69, 9.17) is 10.5 Å². The molecule has 0 aliphatic heterocycles. The Hall–Kier alpha value is -3.24. The van der Waals surface area contributed by atoms with E-state index in [1.807, 2.05) is 0 Å². The smallest absolute Gasteiger partial charge is 0.311 e. The number of carbonyl (C=O) groups is 2. The van der Waals surface area contributed by atoms with E-state index in [1.165, 1.54) is 50.5 Å². The highest BCUT2D eigenvalue weighted by Gasteiger charge is 2.84. The monoisotopic (exact) mass is 558 g/mol. The van der Waals surface area contributed by atoms with Crippen LogP contribution in [-0.2, 0) is 9.59 Å². The van der Waals surface area contributed by atoms with Gasteiger partial charge in [0, 0.05) is 9.75 Å². The molecular formula is C20H14F8N4O2S2. The van der Waals surface area contributed by atoms with Crippen LogP contribution in [0.15, 0.2) is 0 Å². The second-order valence-corrected chi connectivity index (χ2v) is 9.85. The number of nitrogens with one attached hydrogen (secondary N) is 2. The number of hydrogen-bond acceptors (Lipinski definition) is 6. The third-order valence-corrected chi connectivity index (χ3v) is 7.45. The van der Waals surface area contributed by atoms with Gasteiger partial charge in [0.15, 0.2) is 0 Å². The van der Waals surface area contributed by atoms with E-state index in [-0.39, 0.29) is 11.1 Å². The first-order chi connectivity index (χ1) is 16.3. The van der Waals surface area contributed by atoms with Crippen LogP contribution >= 0.6 is 22.7 Å². The second kappa shape index (κ2) is 9.33. The summed E-state index contributed by atoms with van der Waals surface area (Å²) in [6.45, 7) is 5.42. The zero-order valence-electron chi connectivity index (χ0n) is 18.6. The lowest BCUT2D eigenvalue weighted by molar-refractivity contribution is -0.345. The minimum absolute atomic E-state index is 0.178. The number of thiophene rings is 2. The van der Waals surface area contributed by atoms with Gasteiger partial charge in [-0.2, -0.15) is 45.6 Å². The Balaban J connectivity index is 2.42. The zero-order chi connectivity index (χ0) is 28.0. The summed E-state index contributed by atoms with van der Waals surface area (Å²) in [5, 5.41) is 19.1. The van der Waals surface area contributed by atoms with E-state index >= 15 is 0 Å². The number of alkyl halides is 8. The van der Waals surface area contributed by atoms with E-state index in [0.29, 0.717) is 32.4 Å². The predicted octanol–water partition coefficient (Wildman–Crippen LogP) is 5.91. The Morgan fingerprint density at radius 3 is 1.19 bits per heavy atom. The van der Waals surface area contributed by atoms with Crippen LogP contribution in [0.5, 0.6) is 0 Å². The molecule has 0 saturated carbocycles. The molecule has 0 spiro atoms. The lowest BCUT2D eigenvalue weighted by Crippen LogP contribution is -2.67. The number of hydrogen-bond donors (Lipinski definition) is 2.